The van der Waals surface area contributed by atoms with Gasteiger partial charge in [0.2, 0.25) is 0 Å². The molecule has 0 amide bonds. The fourth-order valence-electron chi connectivity index (χ4n) is 2.43. The third-order valence-corrected chi connectivity index (χ3v) is 3.63. The lowest BCUT2D eigenvalue weighted by Crippen LogP contribution is -2.13. The van der Waals surface area contributed by atoms with Crippen LogP contribution in [0, 0.1) is 34.0 Å². The second-order valence-electron chi connectivity index (χ2n) is 5.19. The molecule has 0 saturated carbocycles. The number of hydrogen-bond acceptors (Lipinski definition) is 6. The molecule has 0 aliphatic carbocycles. The molecule has 0 bridgehead atoms. The van der Waals surface area contributed by atoms with Crippen molar-refractivity contribution in [3.05, 3.63) is 70.2 Å². The van der Waals surface area contributed by atoms with Gasteiger partial charge in [-0.15, -0.1) is 0 Å². The van der Waals surface area contributed by atoms with Gasteiger partial charge in [0.1, 0.15) is 29.6 Å². The van der Waals surface area contributed by atoms with Crippen LogP contribution in [-0.2, 0) is 0 Å². The van der Waals surface area contributed by atoms with Crippen molar-refractivity contribution in [1.82, 2.24) is 9.97 Å². The maximum atomic E-state index is 12.5. The van der Waals surface area contributed by atoms with Gasteiger partial charge in [0.05, 0.1) is 11.0 Å². The molecule has 0 aliphatic rings. The lowest BCUT2D eigenvalue weighted by atomic mass is 10.1. The standard InChI is InChI=1S/C19H10N6O/c20-9-12(10-21)17(11-22)23-14-6-2-1-5-13(14)18-19(26)25-16-8-4-3-7-15(16)24-18/h1-8,23H,(H,25,26). The Morgan fingerprint density at radius 3 is 2.38 bits per heavy atom. The highest BCUT2D eigenvalue weighted by Gasteiger charge is 2.14. The summed E-state index contributed by atoms with van der Waals surface area (Å²) in [5, 5.41) is 29.9. The predicted molar refractivity (Wildman–Crippen MR) is 95.3 cm³/mol. The normalized spacial score (nSPS) is 9.58. The average molecular weight is 338 g/mol. The third-order valence-electron chi connectivity index (χ3n) is 3.63. The van der Waals surface area contributed by atoms with Crippen LogP contribution < -0.4 is 10.9 Å². The van der Waals surface area contributed by atoms with E-state index < -0.39 is 0 Å². The van der Waals surface area contributed by atoms with Gasteiger partial charge in [-0.25, -0.2) is 4.98 Å². The number of nitriles is 3. The van der Waals surface area contributed by atoms with Gasteiger partial charge >= 0.3 is 0 Å². The largest absolute Gasteiger partial charge is 0.345 e. The Balaban J connectivity index is 2.18. The molecule has 122 valence electrons. The smallest absolute Gasteiger partial charge is 0.275 e. The summed E-state index contributed by atoms with van der Waals surface area (Å²) < 4.78 is 0. The quantitative estimate of drug-likeness (QED) is 0.706. The number of nitrogens with one attached hydrogen (secondary N) is 2. The topological polar surface area (TPSA) is 129 Å². The average Bonchev–Trinajstić information content (AvgIpc) is 2.68. The second kappa shape index (κ2) is 7.00. The van der Waals surface area contributed by atoms with Gasteiger partial charge in [0, 0.05) is 11.3 Å². The van der Waals surface area contributed by atoms with Crippen molar-refractivity contribution in [2.45, 2.75) is 0 Å². The molecule has 3 rings (SSSR count). The summed E-state index contributed by atoms with van der Waals surface area (Å²) in [6, 6.07) is 19.0. The van der Waals surface area contributed by atoms with Crippen LogP contribution >= 0.6 is 0 Å². The molecule has 0 saturated heterocycles. The van der Waals surface area contributed by atoms with E-state index in [1.165, 1.54) is 0 Å². The molecule has 0 unspecified atom stereocenters. The van der Waals surface area contributed by atoms with E-state index in [0.717, 1.165) is 0 Å². The first kappa shape index (κ1) is 16.4. The summed E-state index contributed by atoms with van der Waals surface area (Å²) in [6.07, 6.45) is 0. The summed E-state index contributed by atoms with van der Waals surface area (Å²) in [7, 11) is 0. The number of para-hydroxylation sites is 3. The lowest BCUT2D eigenvalue weighted by Gasteiger charge is -2.11. The Morgan fingerprint density at radius 2 is 1.65 bits per heavy atom. The van der Waals surface area contributed by atoms with Crippen LogP contribution in [0.4, 0.5) is 5.69 Å². The van der Waals surface area contributed by atoms with Gasteiger partial charge in [0.15, 0.2) is 5.57 Å². The summed E-state index contributed by atoms with van der Waals surface area (Å²) in [5.74, 6) is 0. The zero-order chi connectivity index (χ0) is 18.5. The number of nitrogens with zero attached hydrogens (tertiary/aromatic N) is 4. The number of allylic oxidation sites excluding steroid dienone is 2. The van der Waals surface area contributed by atoms with Gasteiger partial charge in [-0.1, -0.05) is 30.3 Å². The van der Waals surface area contributed by atoms with E-state index in [0.29, 0.717) is 22.3 Å². The van der Waals surface area contributed by atoms with Crippen molar-refractivity contribution in [3.63, 3.8) is 0 Å². The van der Waals surface area contributed by atoms with Crippen molar-refractivity contribution < 1.29 is 0 Å². The van der Waals surface area contributed by atoms with Gasteiger partial charge in [-0.05, 0) is 18.2 Å². The Bertz CT molecular complexity index is 1200. The maximum Gasteiger partial charge on any atom is 0.275 e. The molecule has 7 nitrogen and oxygen atoms in total. The molecule has 0 aliphatic heterocycles. The van der Waals surface area contributed by atoms with Crippen LogP contribution in [0.3, 0.4) is 0 Å². The number of anilines is 1. The molecule has 1 aromatic heterocycles. The van der Waals surface area contributed by atoms with E-state index in [1.807, 2.05) is 6.07 Å². The summed E-state index contributed by atoms with van der Waals surface area (Å²) in [6.45, 7) is 0. The molecular formula is C19H10N6O. The number of aromatic nitrogens is 2. The van der Waals surface area contributed by atoms with E-state index in [-0.39, 0.29) is 22.5 Å². The number of aromatic amines is 1. The summed E-state index contributed by atoms with van der Waals surface area (Å²) in [5.41, 5.74) is 1.30. The molecule has 1 heterocycles. The monoisotopic (exact) mass is 338 g/mol. The van der Waals surface area contributed by atoms with Gasteiger partial charge in [-0.3, -0.25) is 4.79 Å². The van der Waals surface area contributed by atoms with Crippen LogP contribution in [0.25, 0.3) is 22.3 Å². The zero-order valence-corrected chi connectivity index (χ0v) is 13.3. The number of H-pyrrole nitrogens is 1. The van der Waals surface area contributed by atoms with E-state index in [4.69, 9.17) is 10.5 Å². The van der Waals surface area contributed by atoms with Crippen molar-refractivity contribution in [2.24, 2.45) is 0 Å². The van der Waals surface area contributed by atoms with Crippen LogP contribution in [0.15, 0.2) is 64.6 Å². The van der Waals surface area contributed by atoms with E-state index in [9.17, 15) is 10.1 Å². The minimum Gasteiger partial charge on any atom is -0.345 e. The van der Waals surface area contributed by atoms with Crippen molar-refractivity contribution in [3.8, 4) is 29.5 Å². The minimum atomic E-state index is -0.388. The zero-order valence-electron chi connectivity index (χ0n) is 13.3. The maximum absolute atomic E-state index is 12.5. The second-order valence-corrected chi connectivity index (χ2v) is 5.19. The van der Waals surface area contributed by atoms with Crippen LogP contribution in [0.5, 0.6) is 0 Å². The lowest BCUT2D eigenvalue weighted by molar-refractivity contribution is 1.22. The first-order valence-corrected chi connectivity index (χ1v) is 7.48. The Hall–Kier alpha value is -4.41. The molecule has 0 spiro atoms. The molecule has 0 atom stereocenters. The van der Waals surface area contributed by atoms with E-state index in [1.54, 1.807) is 60.7 Å². The highest BCUT2D eigenvalue weighted by Crippen LogP contribution is 2.26. The molecule has 0 fully saturated rings. The fourth-order valence-corrected chi connectivity index (χ4v) is 2.43. The van der Waals surface area contributed by atoms with Gasteiger partial charge < -0.3 is 10.3 Å². The predicted octanol–water partition coefficient (Wildman–Crippen LogP) is 2.83. The van der Waals surface area contributed by atoms with Gasteiger partial charge in [-0.2, -0.15) is 15.8 Å². The fraction of sp³-hybridized carbons (Fsp3) is 0. The van der Waals surface area contributed by atoms with Crippen LogP contribution in [0.1, 0.15) is 0 Å². The number of hydrogen-bond donors (Lipinski definition) is 2. The molecule has 2 aromatic carbocycles. The van der Waals surface area contributed by atoms with E-state index >= 15 is 0 Å². The molecular weight excluding hydrogens is 328 g/mol. The Kier molecular flexibility index (Phi) is 4.43. The number of fused-ring (bicyclic) bond motifs is 1. The Morgan fingerprint density at radius 1 is 0.962 bits per heavy atom. The SMILES string of the molecule is N#CC(C#N)=C(C#N)Nc1ccccc1-c1nc2ccccc2[nH]c1=O. The van der Waals surface area contributed by atoms with Crippen molar-refractivity contribution >= 4 is 16.7 Å². The minimum absolute atomic E-state index is 0.166. The van der Waals surface area contributed by atoms with Crippen molar-refractivity contribution in [2.75, 3.05) is 5.32 Å². The molecule has 3 aromatic rings. The highest BCUT2D eigenvalue weighted by molar-refractivity contribution is 5.82. The highest BCUT2D eigenvalue weighted by atomic mass is 16.1. The van der Waals surface area contributed by atoms with Crippen molar-refractivity contribution in [1.29, 1.82) is 15.8 Å². The van der Waals surface area contributed by atoms with Gasteiger partial charge in [0.25, 0.3) is 5.56 Å². The molecule has 26 heavy (non-hydrogen) atoms. The third kappa shape index (κ3) is 2.99. The first-order valence-electron chi connectivity index (χ1n) is 7.48. The summed E-state index contributed by atoms with van der Waals surface area (Å²) >= 11 is 0. The van der Waals surface area contributed by atoms with Crippen LogP contribution in [0.2, 0.25) is 0 Å². The summed E-state index contributed by atoms with van der Waals surface area (Å²) in [4.78, 5) is 19.6. The number of rotatable bonds is 3. The molecule has 7 heteroatoms. The van der Waals surface area contributed by atoms with Crippen LogP contribution in [-0.4, -0.2) is 9.97 Å². The Labute approximate surface area is 148 Å². The van der Waals surface area contributed by atoms with E-state index in [2.05, 4.69) is 15.3 Å². The molecule has 0 radical (unpaired) electrons. The molecule has 2 N–H and O–H groups in total. The first-order chi connectivity index (χ1) is 12.7. The number of benzene rings is 2.